The number of carboxylic acids is 1. The lowest BCUT2D eigenvalue weighted by atomic mass is 9.33. The fourth-order valence-corrected chi connectivity index (χ4v) is 13.6. The Hall–Kier alpha value is -3.36. The van der Waals surface area contributed by atoms with Gasteiger partial charge in [0.2, 0.25) is 0 Å². The van der Waals surface area contributed by atoms with E-state index in [1.54, 1.807) is 5.06 Å². The van der Waals surface area contributed by atoms with Crippen LogP contribution in [0.4, 0.5) is 0 Å². The molecule has 5 fully saturated rings. The Morgan fingerprint density at radius 3 is 1.95 bits per heavy atom. The number of hydroxylamine groups is 2. The molecular weight excluding hydrogens is 762 g/mol. The van der Waals surface area contributed by atoms with Gasteiger partial charge in [0.15, 0.2) is 30.3 Å². The summed E-state index contributed by atoms with van der Waals surface area (Å²) < 4.78 is 29.2. The maximum atomic E-state index is 15.0. The van der Waals surface area contributed by atoms with Crippen LogP contribution < -0.4 is 0 Å². The molecule has 59 heavy (non-hydrogen) atoms. The molecular formula is C45H67NO13. The van der Waals surface area contributed by atoms with Gasteiger partial charge >= 0.3 is 29.8 Å². The highest BCUT2D eigenvalue weighted by Gasteiger charge is 2.71. The normalized spacial score (nSPS) is 43.7. The molecule has 0 aromatic rings. The largest absolute Gasteiger partial charge is 0.481 e. The molecule has 0 aromatic heterocycles. The van der Waals surface area contributed by atoms with Crippen LogP contribution in [0.3, 0.4) is 0 Å². The van der Waals surface area contributed by atoms with Crippen molar-refractivity contribution in [2.75, 3.05) is 13.7 Å². The van der Waals surface area contributed by atoms with E-state index >= 15 is 4.79 Å². The molecule has 14 heteroatoms. The Morgan fingerprint density at radius 2 is 1.37 bits per heavy atom. The molecule has 4 saturated carbocycles. The van der Waals surface area contributed by atoms with Gasteiger partial charge in [-0.15, -0.1) is 0 Å². The Kier molecular flexibility index (Phi) is 11.9. The standard InChI is InChI=1S/C45H67NO13/c1-24(47)55-23-31-34(56-25(2)48)35(57-26(3)49)36(58-27(4)50)38(59-31)46(54-12)33-14-15-43(9)32(40(33,5)6)13-16-45(11)37(43)30(51)21-28-29-22-42(8,39(52)53)18-17-41(29,7)19-20-44(28,45)10/h21,29,31-38H,13-20,22-23H2,1-12H3,(H,52,53)/t29-,31+,32?,33-,34+,35-,36+,37+,38+,41+,42-,43-,44+,45+/m0/s1. The van der Waals surface area contributed by atoms with Gasteiger partial charge in [-0.2, -0.15) is 5.06 Å². The van der Waals surface area contributed by atoms with Crippen molar-refractivity contribution in [2.45, 2.75) is 171 Å². The highest BCUT2D eigenvalue weighted by molar-refractivity contribution is 5.95. The van der Waals surface area contributed by atoms with E-state index in [0.717, 1.165) is 37.7 Å². The van der Waals surface area contributed by atoms with Gasteiger partial charge in [-0.3, -0.25) is 33.6 Å². The zero-order valence-corrected chi connectivity index (χ0v) is 37.1. The first-order valence-corrected chi connectivity index (χ1v) is 21.4. The van der Waals surface area contributed by atoms with Crippen molar-refractivity contribution in [1.82, 2.24) is 5.06 Å². The third kappa shape index (κ3) is 7.34. The second-order valence-corrected chi connectivity index (χ2v) is 20.6. The smallest absolute Gasteiger partial charge is 0.309 e. The van der Waals surface area contributed by atoms with Crippen molar-refractivity contribution in [3.05, 3.63) is 11.6 Å². The van der Waals surface area contributed by atoms with Gasteiger partial charge in [-0.05, 0) is 110 Å². The van der Waals surface area contributed by atoms with Gasteiger partial charge in [0.25, 0.3) is 0 Å². The summed E-state index contributed by atoms with van der Waals surface area (Å²) in [5.74, 6) is -3.59. The fourth-order valence-electron chi connectivity index (χ4n) is 13.6. The highest BCUT2D eigenvalue weighted by Crippen LogP contribution is 2.75. The zero-order chi connectivity index (χ0) is 43.8. The van der Waals surface area contributed by atoms with Gasteiger partial charge in [-0.1, -0.05) is 47.1 Å². The predicted molar refractivity (Wildman–Crippen MR) is 212 cm³/mol. The van der Waals surface area contributed by atoms with E-state index in [-0.39, 0.29) is 52.4 Å². The number of rotatable bonds is 9. The zero-order valence-electron chi connectivity index (χ0n) is 37.1. The average Bonchev–Trinajstić information content (AvgIpc) is 3.11. The molecule has 0 amide bonds. The summed E-state index contributed by atoms with van der Waals surface area (Å²) in [5, 5.41) is 12.0. The number of ketones is 1. The van der Waals surface area contributed by atoms with Gasteiger partial charge < -0.3 is 28.8 Å². The van der Waals surface area contributed by atoms with Gasteiger partial charge in [0.1, 0.15) is 12.7 Å². The summed E-state index contributed by atoms with van der Waals surface area (Å²) in [6.07, 6.45) is 2.45. The van der Waals surface area contributed by atoms with Crippen LogP contribution in [0.1, 0.15) is 134 Å². The van der Waals surface area contributed by atoms with E-state index in [0.29, 0.717) is 25.7 Å². The third-order valence-corrected chi connectivity index (χ3v) is 16.8. The number of carbonyl (C=O) groups excluding carboxylic acids is 5. The number of aliphatic carboxylic acids is 1. The molecule has 1 saturated heterocycles. The van der Waals surface area contributed by atoms with Crippen molar-refractivity contribution in [1.29, 1.82) is 0 Å². The minimum Gasteiger partial charge on any atom is -0.481 e. The minimum atomic E-state index is -1.35. The first-order valence-electron chi connectivity index (χ1n) is 21.4. The van der Waals surface area contributed by atoms with Crippen LogP contribution in [0.5, 0.6) is 0 Å². The third-order valence-electron chi connectivity index (χ3n) is 16.8. The van der Waals surface area contributed by atoms with Gasteiger partial charge in [0, 0.05) is 39.7 Å². The van der Waals surface area contributed by atoms with Crippen LogP contribution in [0.25, 0.3) is 0 Å². The summed E-state index contributed by atoms with van der Waals surface area (Å²) in [6.45, 7) is 19.9. The molecule has 6 rings (SSSR count). The summed E-state index contributed by atoms with van der Waals surface area (Å²) in [6, 6.07) is -0.373. The molecule has 0 radical (unpaired) electrons. The lowest BCUT2D eigenvalue weighted by Crippen LogP contribution is -2.71. The monoisotopic (exact) mass is 829 g/mol. The molecule has 1 heterocycles. The number of esters is 4. The van der Waals surface area contributed by atoms with E-state index in [1.165, 1.54) is 34.8 Å². The topological polar surface area (TPSA) is 181 Å². The van der Waals surface area contributed by atoms with Crippen molar-refractivity contribution >= 4 is 35.6 Å². The molecule has 1 aliphatic heterocycles. The molecule has 0 aromatic carbocycles. The van der Waals surface area contributed by atoms with Crippen LogP contribution in [0.2, 0.25) is 0 Å². The lowest BCUT2D eigenvalue weighted by Gasteiger charge is -2.71. The quantitative estimate of drug-likeness (QED) is 0.154. The highest BCUT2D eigenvalue weighted by atomic mass is 16.7. The first-order chi connectivity index (χ1) is 27.3. The Bertz CT molecular complexity index is 1780. The van der Waals surface area contributed by atoms with Crippen LogP contribution in [0.15, 0.2) is 11.6 Å². The van der Waals surface area contributed by atoms with Crippen molar-refractivity contribution in [2.24, 2.45) is 50.2 Å². The maximum Gasteiger partial charge on any atom is 0.309 e. The lowest BCUT2D eigenvalue weighted by molar-refractivity contribution is -0.357. The van der Waals surface area contributed by atoms with E-state index in [1.807, 2.05) is 13.0 Å². The van der Waals surface area contributed by atoms with E-state index < -0.39 is 76.7 Å². The summed E-state index contributed by atoms with van der Waals surface area (Å²) >= 11 is 0. The van der Waals surface area contributed by atoms with Crippen LogP contribution in [0, 0.1) is 50.2 Å². The molecule has 14 atom stereocenters. The van der Waals surface area contributed by atoms with Crippen LogP contribution in [-0.4, -0.2) is 96.2 Å². The summed E-state index contributed by atoms with van der Waals surface area (Å²) in [5.41, 5.74) is -1.32. The molecule has 6 aliphatic rings. The van der Waals surface area contributed by atoms with E-state index in [9.17, 15) is 29.1 Å². The Labute approximate surface area is 348 Å². The van der Waals surface area contributed by atoms with Crippen molar-refractivity contribution in [3.8, 4) is 0 Å². The number of hydrogen-bond donors (Lipinski definition) is 1. The predicted octanol–water partition coefficient (Wildman–Crippen LogP) is 6.37. The Morgan fingerprint density at radius 1 is 0.780 bits per heavy atom. The van der Waals surface area contributed by atoms with Crippen molar-refractivity contribution < 1.29 is 62.4 Å². The summed E-state index contributed by atoms with van der Waals surface area (Å²) in [4.78, 5) is 83.5. The number of carboxylic acid groups (broad SMARTS) is 1. The molecule has 0 bridgehead atoms. The number of ether oxygens (including phenoxy) is 5. The molecule has 1 unspecified atom stereocenters. The average molecular weight is 830 g/mol. The van der Waals surface area contributed by atoms with E-state index in [2.05, 4.69) is 41.5 Å². The van der Waals surface area contributed by atoms with Crippen LogP contribution >= 0.6 is 0 Å². The SMILES string of the molecule is CON([C@@H]1O[C@H](COC(C)=O)[C@@H](OC(C)=O)[C@H](OC(C)=O)[C@H]1OC(C)=O)[C@H]1CC[C@@]2(C)C(CC[C@]3(C)[C@@H]2C(=O)C=C2[C@@H]4C[C@@](C)(C(=O)O)CC[C@]4(C)CC[C@]23C)C1(C)C. The second-order valence-electron chi connectivity index (χ2n) is 20.6. The first kappa shape index (κ1) is 45.2. The fraction of sp³-hybridized carbons (Fsp3) is 0.822. The Balaban J connectivity index is 1.37. The van der Waals surface area contributed by atoms with Crippen LogP contribution in [-0.2, 0) is 57.3 Å². The number of carbonyl (C=O) groups is 6. The number of hydrogen-bond acceptors (Lipinski definition) is 13. The van der Waals surface area contributed by atoms with E-state index in [4.69, 9.17) is 28.5 Å². The molecule has 330 valence electrons. The minimum absolute atomic E-state index is 0.0207. The summed E-state index contributed by atoms with van der Waals surface area (Å²) in [7, 11) is 1.49. The van der Waals surface area contributed by atoms with Crippen molar-refractivity contribution in [3.63, 3.8) is 0 Å². The molecule has 1 N–H and O–H groups in total. The number of fused-ring (bicyclic) bond motifs is 7. The molecule has 0 spiro atoms. The van der Waals surface area contributed by atoms with Gasteiger partial charge in [-0.25, -0.2) is 0 Å². The molecule has 14 nitrogen and oxygen atoms in total. The van der Waals surface area contributed by atoms with Gasteiger partial charge in [0.05, 0.1) is 12.5 Å². The number of nitrogens with zero attached hydrogens (tertiary/aromatic N) is 1. The molecule has 5 aliphatic carbocycles. The number of allylic oxidation sites excluding steroid dienone is 2. The second kappa shape index (κ2) is 15.5. The maximum absolute atomic E-state index is 15.0.